The summed E-state index contributed by atoms with van der Waals surface area (Å²) in [6, 6.07) is 0. The Morgan fingerprint density at radius 1 is 1.05 bits per heavy atom. The summed E-state index contributed by atoms with van der Waals surface area (Å²) in [6.45, 7) is 14.8. The van der Waals surface area contributed by atoms with E-state index in [4.69, 9.17) is 0 Å². The molecular formula is C19H37NO. The summed E-state index contributed by atoms with van der Waals surface area (Å²) >= 11 is 0. The van der Waals surface area contributed by atoms with E-state index in [0.29, 0.717) is 0 Å². The third-order valence-electron chi connectivity index (χ3n) is 5.10. The van der Waals surface area contributed by atoms with Crippen molar-refractivity contribution in [3.63, 3.8) is 0 Å². The smallest absolute Gasteiger partial charge is 0.127 e. The van der Waals surface area contributed by atoms with Gasteiger partial charge in [-0.15, -0.1) is 0 Å². The van der Waals surface area contributed by atoms with Gasteiger partial charge in [0.25, 0.3) is 0 Å². The SMILES string of the molecule is CC(C)CCN(CCC(C)C)CC1(C=O)CCC(C)CC1. The molecule has 0 unspecified atom stereocenters. The summed E-state index contributed by atoms with van der Waals surface area (Å²) in [4.78, 5) is 14.3. The van der Waals surface area contributed by atoms with E-state index in [-0.39, 0.29) is 5.41 Å². The average molecular weight is 296 g/mol. The molecule has 0 aromatic carbocycles. The molecule has 0 spiro atoms. The Kier molecular flexibility index (Phi) is 7.94. The largest absolute Gasteiger partial charge is 0.303 e. The molecule has 0 N–H and O–H groups in total. The maximum absolute atomic E-state index is 11.8. The predicted molar refractivity (Wildman–Crippen MR) is 91.5 cm³/mol. The van der Waals surface area contributed by atoms with Crippen LogP contribution in [0.2, 0.25) is 0 Å². The zero-order valence-electron chi connectivity index (χ0n) is 15.0. The van der Waals surface area contributed by atoms with Gasteiger partial charge in [0.1, 0.15) is 6.29 Å². The van der Waals surface area contributed by atoms with Gasteiger partial charge in [0, 0.05) is 12.0 Å². The van der Waals surface area contributed by atoms with Crippen LogP contribution in [0.3, 0.4) is 0 Å². The van der Waals surface area contributed by atoms with Crippen molar-refractivity contribution in [2.75, 3.05) is 19.6 Å². The van der Waals surface area contributed by atoms with Gasteiger partial charge in [-0.25, -0.2) is 0 Å². The van der Waals surface area contributed by atoms with Crippen LogP contribution in [0.1, 0.15) is 73.1 Å². The fourth-order valence-corrected chi connectivity index (χ4v) is 3.25. The quantitative estimate of drug-likeness (QED) is 0.571. The summed E-state index contributed by atoms with van der Waals surface area (Å²) in [5.41, 5.74) is -0.0551. The molecule has 2 heteroatoms. The van der Waals surface area contributed by atoms with Gasteiger partial charge in [-0.1, -0.05) is 34.6 Å². The number of carbonyl (C=O) groups excluding carboxylic acids is 1. The van der Waals surface area contributed by atoms with Crippen LogP contribution in [-0.2, 0) is 4.79 Å². The van der Waals surface area contributed by atoms with Crippen molar-refractivity contribution < 1.29 is 4.79 Å². The van der Waals surface area contributed by atoms with Crippen molar-refractivity contribution in [3.05, 3.63) is 0 Å². The minimum Gasteiger partial charge on any atom is -0.303 e. The molecule has 1 fully saturated rings. The molecule has 0 aromatic rings. The van der Waals surface area contributed by atoms with Crippen LogP contribution in [0.4, 0.5) is 0 Å². The normalized spacial score (nSPS) is 26.8. The maximum Gasteiger partial charge on any atom is 0.127 e. The summed E-state index contributed by atoms with van der Waals surface area (Å²) in [7, 11) is 0. The molecule has 0 amide bonds. The van der Waals surface area contributed by atoms with Crippen molar-refractivity contribution in [3.8, 4) is 0 Å². The van der Waals surface area contributed by atoms with Gasteiger partial charge in [-0.05, 0) is 69.4 Å². The lowest BCUT2D eigenvalue weighted by atomic mass is 9.71. The highest BCUT2D eigenvalue weighted by Gasteiger charge is 2.35. The van der Waals surface area contributed by atoms with Gasteiger partial charge in [0.2, 0.25) is 0 Å². The highest BCUT2D eigenvalue weighted by atomic mass is 16.1. The van der Waals surface area contributed by atoms with E-state index in [1.807, 2.05) is 0 Å². The van der Waals surface area contributed by atoms with Crippen LogP contribution in [0.25, 0.3) is 0 Å². The number of hydrogen-bond acceptors (Lipinski definition) is 2. The molecule has 0 saturated heterocycles. The zero-order chi connectivity index (χ0) is 15.9. The number of rotatable bonds is 9. The lowest BCUT2D eigenvalue weighted by Gasteiger charge is -2.39. The van der Waals surface area contributed by atoms with E-state index < -0.39 is 0 Å². The summed E-state index contributed by atoms with van der Waals surface area (Å²) in [5, 5.41) is 0. The number of aldehydes is 1. The third-order valence-corrected chi connectivity index (χ3v) is 5.10. The molecule has 21 heavy (non-hydrogen) atoms. The molecule has 0 radical (unpaired) electrons. The van der Waals surface area contributed by atoms with Crippen LogP contribution < -0.4 is 0 Å². The highest BCUT2D eigenvalue weighted by molar-refractivity contribution is 5.60. The molecule has 0 bridgehead atoms. The second-order valence-corrected chi connectivity index (χ2v) is 8.30. The monoisotopic (exact) mass is 295 g/mol. The molecule has 0 heterocycles. The third kappa shape index (κ3) is 6.95. The topological polar surface area (TPSA) is 20.3 Å². The second-order valence-electron chi connectivity index (χ2n) is 8.30. The first kappa shape index (κ1) is 18.7. The molecule has 124 valence electrons. The van der Waals surface area contributed by atoms with E-state index in [1.165, 1.54) is 32.0 Å². The molecule has 0 aliphatic heterocycles. The summed E-state index contributed by atoms with van der Waals surface area (Å²) in [5.74, 6) is 2.29. The molecule has 1 rings (SSSR count). The highest BCUT2D eigenvalue weighted by Crippen LogP contribution is 2.38. The van der Waals surface area contributed by atoms with E-state index in [9.17, 15) is 4.79 Å². The Bertz CT molecular complexity index is 278. The lowest BCUT2D eigenvalue weighted by molar-refractivity contribution is -0.119. The molecule has 1 aliphatic rings. The average Bonchev–Trinajstić information content (AvgIpc) is 2.44. The summed E-state index contributed by atoms with van der Waals surface area (Å²) < 4.78 is 0. The van der Waals surface area contributed by atoms with E-state index in [0.717, 1.165) is 50.2 Å². The molecule has 1 aliphatic carbocycles. The Morgan fingerprint density at radius 2 is 1.52 bits per heavy atom. The minimum absolute atomic E-state index is 0.0551. The first-order valence-corrected chi connectivity index (χ1v) is 9.05. The van der Waals surface area contributed by atoms with Crippen molar-refractivity contribution in [1.29, 1.82) is 0 Å². The first-order valence-electron chi connectivity index (χ1n) is 9.05. The standard InChI is InChI=1S/C19H37NO/c1-16(2)8-12-20(13-9-17(3)4)14-19(15-21)10-6-18(5)7-11-19/h15-18H,6-14H2,1-5H3. The van der Waals surface area contributed by atoms with Crippen molar-refractivity contribution >= 4 is 6.29 Å². The van der Waals surface area contributed by atoms with Gasteiger partial charge in [0.05, 0.1) is 0 Å². The molecule has 2 nitrogen and oxygen atoms in total. The Hall–Kier alpha value is -0.370. The van der Waals surface area contributed by atoms with E-state index in [2.05, 4.69) is 39.5 Å². The minimum atomic E-state index is -0.0551. The fraction of sp³-hybridized carbons (Fsp3) is 0.947. The zero-order valence-corrected chi connectivity index (χ0v) is 15.0. The van der Waals surface area contributed by atoms with Gasteiger partial charge < -0.3 is 9.69 Å². The molecule has 1 saturated carbocycles. The first-order chi connectivity index (χ1) is 9.87. The maximum atomic E-state index is 11.8. The Balaban J connectivity index is 2.60. The fourth-order valence-electron chi connectivity index (χ4n) is 3.25. The van der Waals surface area contributed by atoms with Crippen molar-refractivity contribution in [2.45, 2.75) is 73.1 Å². The van der Waals surface area contributed by atoms with Crippen LogP contribution in [0, 0.1) is 23.2 Å². The second kappa shape index (κ2) is 8.92. The predicted octanol–water partition coefficient (Wildman–Crippen LogP) is 4.78. The lowest BCUT2D eigenvalue weighted by Crippen LogP contribution is -2.42. The van der Waals surface area contributed by atoms with Gasteiger partial charge in [0.15, 0.2) is 0 Å². The van der Waals surface area contributed by atoms with Gasteiger partial charge >= 0.3 is 0 Å². The van der Waals surface area contributed by atoms with Crippen LogP contribution >= 0.6 is 0 Å². The molecule has 0 aromatic heterocycles. The Labute approximate surface area is 132 Å². The van der Waals surface area contributed by atoms with Crippen LogP contribution in [0.15, 0.2) is 0 Å². The van der Waals surface area contributed by atoms with Crippen molar-refractivity contribution in [1.82, 2.24) is 4.90 Å². The summed E-state index contributed by atoms with van der Waals surface area (Å²) in [6.07, 6.45) is 8.40. The molecular weight excluding hydrogens is 258 g/mol. The van der Waals surface area contributed by atoms with Gasteiger partial charge in [-0.3, -0.25) is 0 Å². The Morgan fingerprint density at radius 3 is 1.90 bits per heavy atom. The number of hydrogen-bond donors (Lipinski definition) is 0. The van der Waals surface area contributed by atoms with E-state index >= 15 is 0 Å². The van der Waals surface area contributed by atoms with Gasteiger partial charge in [-0.2, -0.15) is 0 Å². The van der Waals surface area contributed by atoms with Crippen molar-refractivity contribution in [2.24, 2.45) is 23.2 Å². The van der Waals surface area contributed by atoms with Crippen LogP contribution in [-0.4, -0.2) is 30.8 Å². The van der Waals surface area contributed by atoms with Crippen LogP contribution in [0.5, 0.6) is 0 Å². The number of nitrogens with zero attached hydrogens (tertiary/aromatic N) is 1. The number of carbonyl (C=O) groups is 1. The van der Waals surface area contributed by atoms with E-state index in [1.54, 1.807) is 0 Å². The molecule has 0 atom stereocenters.